The van der Waals surface area contributed by atoms with E-state index in [1.54, 1.807) is 47.4 Å². The van der Waals surface area contributed by atoms with E-state index in [0.29, 0.717) is 31.7 Å². The summed E-state index contributed by atoms with van der Waals surface area (Å²) in [5.41, 5.74) is 1.90. The van der Waals surface area contributed by atoms with Crippen LogP contribution in [0.25, 0.3) is 11.2 Å². The maximum atomic E-state index is 13.2. The second-order valence-corrected chi connectivity index (χ2v) is 9.99. The van der Waals surface area contributed by atoms with Crippen molar-refractivity contribution in [1.29, 1.82) is 0 Å². The SMILES string of the molecule is O=C(Nc1ncnc2c1ncn2[C@@H]1O[C@H](/C=C/C(=O)N2CCN(c3ccc(F)cc3)CC2)[C@@H](O)[C@H]1O)c1ccccc1. The maximum Gasteiger partial charge on any atom is 0.256 e. The van der Waals surface area contributed by atoms with Gasteiger partial charge in [0.15, 0.2) is 23.2 Å². The van der Waals surface area contributed by atoms with Gasteiger partial charge in [-0.2, -0.15) is 0 Å². The fourth-order valence-corrected chi connectivity index (χ4v) is 5.09. The number of carbonyl (C=O) groups is 2. The molecule has 0 radical (unpaired) electrons. The van der Waals surface area contributed by atoms with Crippen LogP contribution in [-0.2, 0) is 9.53 Å². The summed E-state index contributed by atoms with van der Waals surface area (Å²) in [6, 6.07) is 14.9. The standard InChI is InChI=1S/C29H28FN7O5/c30-19-6-8-20(9-7-19)35-12-14-36(15-13-35)22(38)11-10-21-24(39)25(40)29(42-21)37-17-33-23-26(31-16-32-27(23)37)34-28(41)18-4-2-1-3-5-18/h1-11,16-17,21,24-25,29,39-40H,12-15H2,(H,31,32,34,41)/b11-10+/t21-,24-,25-,29-/m1/s1. The molecule has 6 rings (SSSR count). The molecule has 3 N–H and O–H groups in total. The molecule has 0 aliphatic carbocycles. The maximum absolute atomic E-state index is 13.2. The van der Waals surface area contributed by atoms with Gasteiger partial charge in [-0.3, -0.25) is 14.2 Å². The molecular weight excluding hydrogens is 545 g/mol. The number of aromatic nitrogens is 4. The molecule has 0 saturated carbocycles. The lowest BCUT2D eigenvalue weighted by Gasteiger charge is -2.35. The topological polar surface area (TPSA) is 146 Å². The van der Waals surface area contributed by atoms with Gasteiger partial charge in [0.2, 0.25) is 5.91 Å². The summed E-state index contributed by atoms with van der Waals surface area (Å²) in [5, 5.41) is 24.2. The summed E-state index contributed by atoms with van der Waals surface area (Å²) in [6.07, 6.45) is 0.729. The predicted octanol–water partition coefficient (Wildman–Crippen LogP) is 1.74. The summed E-state index contributed by atoms with van der Waals surface area (Å²) in [7, 11) is 0. The molecule has 2 aliphatic rings. The van der Waals surface area contributed by atoms with Crippen molar-refractivity contribution in [2.45, 2.75) is 24.5 Å². The van der Waals surface area contributed by atoms with Gasteiger partial charge in [0, 0.05) is 43.5 Å². The molecular formula is C29H28FN7O5. The van der Waals surface area contributed by atoms with Gasteiger partial charge in [-0.05, 0) is 42.5 Å². The fraction of sp³-hybridized carbons (Fsp3) is 0.276. The molecule has 216 valence electrons. The molecule has 0 spiro atoms. The van der Waals surface area contributed by atoms with Crippen LogP contribution in [0, 0.1) is 5.82 Å². The number of halogens is 1. The van der Waals surface area contributed by atoms with Crippen LogP contribution in [0.15, 0.2) is 79.4 Å². The Labute approximate surface area is 239 Å². The van der Waals surface area contributed by atoms with Crippen molar-refractivity contribution < 1.29 is 28.9 Å². The molecule has 2 amide bonds. The number of hydrogen-bond donors (Lipinski definition) is 3. The van der Waals surface area contributed by atoms with Crippen LogP contribution in [0.2, 0.25) is 0 Å². The van der Waals surface area contributed by atoms with E-state index in [-0.39, 0.29) is 34.6 Å². The average Bonchev–Trinajstić information content (AvgIpc) is 3.57. The summed E-state index contributed by atoms with van der Waals surface area (Å²) < 4.78 is 20.6. The number of hydrogen-bond acceptors (Lipinski definition) is 9. The number of nitrogens with zero attached hydrogens (tertiary/aromatic N) is 6. The van der Waals surface area contributed by atoms with E-state index in [2.05, 4.69) is 25.2 Å². The second kappa shape index (κ2) is 11.6. The zero-order chi connectivity index (χ0) is 29.2. The number of carbonyl (C=O) groups excluding carboxylic acids is 2. The Morgan fingerprint density at radius 3 is 2.43 bits per heavy atom. The smallest absolute Gasteiger partial charge is 0.256 e. The van der Waals surface area contributed by atoms with E-state index in [1.807, 2.05) is 0 Å². The minimum atomic E-state index is -1.34. The molecule has 0 unspecified atom stereocenters. The van der Waals surface area contributed by atoms with Gasteiger partial charge >= 0.3 is 0 Å². The Balaban J connectivity index is 1.10. The number of aliphatic hydroxyl groups is 2. The van der Waals surface area contributed by atoms with Crippen LogP contribution in [-0.4, -0.2) is 90.9 Å². The highest BCUT2D eigenvalue weighted by Gasteiger charge is 2.43. The summed E-state index contributed by atoms with van der Waals surface area (Å²) in [4.78, 5) is 41.9. The van der Waals surface area contributed by atoms with E-state index >= 15 is 0 Å². The number of amides is 2. The highest BCUT2D eigenvalue weighted by atomic mass is 19.1. The third kappa shape index (κ3) is 5.44. The van der Waals surface area contributed by atoms with Crippen LogP contribution in [0.3, 0.4) is 0 Å². The van der Waals surface area contributed by atoms with E-state index in [1.165, 1.54) is 41.5 Å². The van der Waals surface area contributed by atoms with Gasteiger partial charge in [0.25, 0.3) is 5.91 Å². The second-order valence-electron chi connectivity index (χ2n) is 9.99. The molecule has 4 aromatic rings. The minimum absolute atomic E-state index is 0.183. The number of piperazine rings is 1. The normalized spacial score (nSPS) is 22.6. The van der Waals surface area contributed by atoms with E-state index in [0.717, 1.165) is 5.69 Å². The van der Waals surface area contributed by atoms with Crippen LogP contribution in [0.1, 0.15) is 16.6 Å². The van der Waals surface area contributed by atoms with Crippen LogP contribution in [0.5, 0.6) is 0 Å². The van der Waals surface area contributed by atoms with Crippen LogP contribution < -0.4 is 10.2 Å². The van der Waals surface area contributed by atoms with Gasteiger partial charge in [0.05, 0.1) is 6.33 Å². The number of benzene rings is 2. The van der Waals surface area contributed by atoms with Gasteiger partial charge in [-0.15, -0.1) is 0 Å². The zero-order valence-electron chi connectivity index (χ0n) is 22.3. The number of aliphatic hydroxyl groups excluding tert-OH is 2. The molecule has 2 aromatic carbocycles. The minimum Gasteiger partial charge on any atom is -0.387 e. The molecule has 12 nitrogen and oxygen atoms in total. The first-order chi connectivity index (χ1) is 20.4. The number of anilines is 2. The van der Waals surface area contributed by atoms with Crippen LogP contribution >= 0.6 is 0 Å². The number of imidazole rings is 1. The fourth-order valence-electron chi connectivity index (χ4n) is 5.09. The first-order valence-corrected chi connectivity index (χ1v) is 13.4. The Morgan fingerprint density at radius 1 is 0.952 bits per heavy atom. The van der Waals surface area contributed by atoms with Gasteiger partial charge in [-0.1, -0.05) is 18.2 Å². The Morgan fingerprint density at radius 2 is 1.69 bits per heavy atom. The van der Waals surface area contributed by atoms with E-state index in [9.17, 15) is 24.2 Å². The van der Waals surface area contributed by atoms with E-state index < -0.39 is 24.5 Å². The molecule has 13 heteroatoms. The van der Waals surface area contributed by atoms with Crippen molar-refractivity contribution in [1.82, 2.24) is 24.4 Å². The van der Waals surface area contributed by atoms with Crippen molar-refractivity contribution >= 4 is 34.5 Å². The number of ether oxygens (including phenoxy) is 1. The molecule has 42 heavy (non-hydrogen) atoms. The summed E-state index contributed by atoms with van der Waals surface area (Å²) in [5.74, 6) is -0.734. The Kier molecular flexibility index (Phi) is 7.61. The summed E-state index contributed by atoms with van der Waals surface area (Å²) >= 11 is 0. The van der Waals surface area contributed by atoms with Crippen molar-refractivity contribution in [2.75, 3.05) is 36.4 Å². The third-order valence-corrected chi connectivity index (χ3v) is 7.39. The lowest BCUT2D eigenvalue weighted by molar-refractivity contribution is -0.126. The zero-order valence-corrected chi connectivity index (χ0v) is 22.3. The highest BCUT2D eigenvalue weighted by molar-refractivity contribution is 6.06. The quantitative estimate of drug-likeness (QED) is 0.294. The Hall–Kier alpha value is -4.72. The van der Waals surface area contributed by atoms with Crippen LogP contribution in [0.4, 0.5) is 15.9 Å². The first kappa shape index (κ1) is 27.4. The predicted molar refractivity (Wildman–Crippen MR) is 150 cm³/mol. The monoisotopic (exact) mass is 573 g/mol. The van der Waals surface area contributed by atoms with Gasteiger partial charge < -0.3 is 30.1 Å². The molecule has 4 heterocycles. The number of rotatable bonds is 6. The Bertz CT molecular complexity index is 1610. The van der Waals surface area contributed by atoms with Gasteiger partial charge in [0.1, 0.15) is 30.5 Å². The highest BCUT2D eigenvalue weighted by Crippen LogP contribution is 2.33. The largest absolute Gasteiger partial charge is 0.387 e. The molecule has 2 fully saturated rings. The van der Waals surface area contributed by atoms with Crippen molar-refractivity contribution in [3.05, 3.63) is 90.8 Å². The molecule has 0 bridgehead atoms. The lowest BCUT2D eigenvalue weighted by Crippen LogP contribution is -2.48. The first-order valence-electron chi connectivity index (χ1n) is 13.4. The van der Waals surface area contributed by atoms with Gasteiger partial charge in [-0.25, -0.2) is 19.3 Å². The summed E-state index contributed by atoms with van der Waals surface area (Å²) in [6.45, 7) is 2.14. The molecule has 4 atom stereocenters. The number of nitrogens with one attached hydrogen (secondary N) is 1. The van der Waals surface area contributed by atoms with Crippen molar-refractivity contribution in [3.8, 4) is 0 Å². The average molecular weight is 574 g/mol. The van der Waals surface area contributed by atoms with Crippen molar-refractivity contribution in [3.63, 3.8) is 0 Å². The van der Waals surface area contributed by atoms with E-state index in [4.69, 9.17) is 4.74 Å². The number of fused-ring (bicyclic) bond motifs is 1. The molecule has 2 aliphatic heterocycles. The molecule has 2 saturated heterocycles. The molecule has 2 aromatic heterocycles. The third-order valence-electron chi connectivity index (χ3n) is 7.39. The lowest BCUT2D eigenvalue weighted by atomic mass is 10.1. The van der Waals surface area contributed by atoms with Crippen molar-refractivity contribution in [2.24, 2.45) is 0 Å².